The molecule has 3 atom stereocenters. The monoisotopic (exact) mass is 262 g/mol. The van der Waals surface area contributed by atoms with Crippen molar-refractivity contribution in [3.63, 3.8) is 0 Å². The van der Waals surface area contributed by atoms with Crippen LogP contribution in [0.25, 0.3) is 0 Å². The molecule has 0 spiro atoms. The van der Waals surface area contributed by atoms with Crippen LogP contribution in [0.3, 0.4) is 0 Å². The number of hydrogen-bond donors (Lipinski definition) is 0. The van der Waals surface area contributed by atoms with Gasteiger partial charge in [-0.25, -0.2) is 0 Å². The Morgan fingerprint density at radius 1 is 1.26 bits per heavy atom. The van der Waals surface area contributed by atoms with Crippen molar-refractivity contribution in [2.75, 3.05) is 6.61 Å². The van der Waals surface area contributed by atoms with Gasteiger partial charge < -0.3 is 14.2 Å². The second kappa shape index (κ2) is 4.94. The molecule has 4 heteroatoms. The Morgan fingerprint density at radius 3 is 2.84 bits per heavy atom. The summed E-state index contributed by atoms with van der Waals surface area (Å²) in [6, 6.07) is 9.85. The van der Waals surface area contributed by atoms with Gasteiger partial charge in [0.15, 0.2) is 11.9 Å². The van der Waals surface area contributed by atoms with Gasteiger partial charge in [0.25, 0.3) is 0 Å². The van der Waals surface area contributed by atoms with E-state index in [1.165, 1.54) is 0 Å². The molecule has 0 bridgehead atoms. The molecule has 1 aromatic carbocycles. The average molecular weight is 262 g/mol. The minimum atomic E-state index is -0.654. The summed E-state index contributed by atoms with van der Waals surface area (Å²) in [7, 11) is 0. The Labute approximate surface area is 112 Å². The molecule has 0 N–H and O–H groups in total. The van der Waals surface area contributed by atoms with Crippen LogP contribution in [0.15, 0.2) is 30.3 Å². The normalized spacial score (nSPS) is 35.1. The van der Waals surface area contributed by atoms with E-state index in [0.717, 1.165) is 18.4 Å². The van der Waals surface area contributed by atoms with Crippen LogP contribution in [-0.4, -0.2) is 24.3 Å². The number of carbonyl (C=O) groups is 1. The van der Waals surface area contributed by atoms with Crippen molar-refractivity contribution in [2.24, 2.45) is 0 Å². The van der Waals surface area contributed by atoms with Gasteiger partial charge in [-0.15, -0.1) is 0 Å². The van der Waals surface area contributed by atoms with E-state index >= 15 is 0 Å². The Hall–Kier alpha value is -1.39. The number of fused-ring (bicyclic) bond motifs is 1. The van der Waals surface area contributed by atoms with E-state index in [0.29, 0.717) is 13.0 Å². The van der Waals surface area contributed by atoms with Crippen LogP contribution < -0.4 is 0 Å². The largest absolute Gasteiger partial charge is 0.454 e. The van der Waals surface area contributed by atoms with Crippen molar-refractivity contribution in [3.8, 4) is 0 Å². The average Bonchev–Trinajstić information content (AvgIpc) is 2.56. The number of benzene rings is 1. The van der Waals surface area contributed by atoms with Crippen LogP contribution in [0.2, 0.25) is 0 Å². The maximum atomic E-state index is 11.6. The first-order chi connectivity index (χ1) is 9.17. The van der Waals surface area contributed by atoms with E-state index in [2.05, 4.69) is 0 Å². The zero-order valence-corrected chi connectivity index (χ0v) is 11.0. The van der Waals surface area contributed by atoms with E-state index in [9.17, 15) is 4.79 Å². The number of rotatable bonds is 1. The molecule has 2 aliphatic heterocycles. The van der Waals surface area contributed by atoms with Crippen LogP contribution >= 0.6 is 0 Å². The molecule has 19 heavy (non-hydrogen) atoms. The standard InChI is InChI=1S/C15H18O4/c1-15-10-17-14(11-6-3-2-4-7-11)18-12(15)8-5-9-13(16)19-15/h2-4,6-7,12,14H,5,8-10H2,1H3/t12-,14+,15+/m0/s1. The van der Waals surface area contributed by atoms with Crippen LogP contribution in [0.4, 0.5) is 0 Å². The first-order valence-corrected chi connectivity index (χ1v) is 6.71. The SMILES string of the molecule is C[C@@]12CO[C@@H](c3ccccc3)O[C@H]1CCCC(=O)O2. The molecule has 1 aromatic rings. The third kappa shape index (κ3) is 2.51. The van der Waals surface area contributed by atoms with Gasteiger partial charge in [0.05, 0.1) is 6.61 Å². The highest BCUT2D eigenvalue weighted by Gasteiger charge is 2.46. The second-order valence-electron chi connectivity index (χ2n) is 5.36. The molecule has 2 heterocycles. The summed E-state index contributed by atoms with van der Waals surface area (Å²) >= 11 is 0. The lowest BCUT2D eigenvalue weighted by Crippen LogP contribution is -2.52. The van der Waals surface area contributed by atoms with E-state index in [4.69, 9.17) is 14.2 Å². The minimum Gasteiger partial charge on any atom is -0.454 e. The number of ether oxygens (including phenoxy) is 3. The van der Waals surface area contributed by atoms with Gasteiger partial charge >= 0.3 is 5.97 Å². The summed E-state index contributed by atoms with van der Waals surface area (Å²) in [6.07, 6.45) is 1.63. The predicted molar refractivity (Wildman–Crippen MR) is 68.4 cm³/mol. The number of carbonyl (C=O) groups excluding carboxylic acids is 1. The summed E-state index contributed by atoms with van der Waals surface area (Å²) in [6.45, 7) is 2.27. The zero-order chi connectivity index (χ0) is 13.3. The Balaban J connectivity index is 1.78. The molecular weight excluding hydrogens is 244 g/mol. The van der Waals surface area contributed by atoms with Crippen molar-refractivity contribution < 1.29 is 19.0 Å². The lowest BCUT2D eigenvalue weighted by molar-refractivity contribution is -0.291. The van der Waals surface area contributed by atoms with Crippen LogP contribution in [0.5, 0.6) is 0 Å². The molecule has 2 fully saturated rings. The van der Waals surface area contributed by atoms with Crippen molar-refractivity contribution in [1.29, 1.82) is 0 Å². The smallest absolute Gasteiger partial charge is 0.306 e. The van der Waals surface area contributed by atoms with Gasteiger partial charge in [0, 0.05) is 12.0 Å². The van der Waals surface area contributed by atoms with Crippen molar-refractivity contribution in [1.82, 2.24) is 0 Å². The molecule has 0 radical (unpaired) electrons. The van der Waals surface area contributed by atoms with Gasteiger partial charge in [0.2, 0.25) is 0 Å². The molecule has 0 aromatic heterocycles. The Kier molecular flexibility index (Phi) is 3.29. The highest BCUT2D eigenvalue weighted by molar-refractivity contribution is 5.70. The molecule has 0 aliphatic carbocycles. The van der Waals surface area contributed by atoms with Crippen LogP contribution in [-0.2, 0) is 19.0 Å². The Morgan fingerprint density at radius 2 is 2.05 bits per heavy atom. The molecule has 0 unspecified atom stereocenters. The molecule has 2 aliphatic rings. The van der Waals surface area contributed by atoms with Crippen molar-refractivity contribution in [2.45, 2.75) is 44.2 Å². The highest BCUT2D eigenvalue weighted by Crippen LogP contribution is 2.37. The third-order valence-corrected chi connectivity index (χ3v) is 3.76. The van der Waals surface area contributed by atoms with Crippen molar-refractivity contribution >= 4 is 5.97 Å². The lowest BCUT2D eigenvalue weighted by Gasteiger charge is -2.42. The summed E-state index contributed by atoms with van der Waals surface area (Å²) in [5.74, 6) is -0.157. The first kappa shape index (κ1) is 12.6. The zero-order valence-electron chi connectivity index (χ0n) is 11.0. The first-order valence-electron chi connectivity index (χ1n) is 6.71. The predicted octanol–water partition coefficient (Wildman–Crippen LogP) is 2.59. The molecule has 102 valence electrons. The fourth-order valence-electron chi connectivity index (χ4n) is 2.66. The Bertz CT molecular complexity index is 458. The summed E-state index contributed by atoms with van der Waals surface area (Å²) in [5.41, 5.74) is 0.346. The van der Waals surface area contributed by atoms with Crippen molar-refractivity contribution in [3.05, 3.63) is 35.9 Å². The molecule has 2 saturated heterocycles. The van der Waals surface area contributed by atoms with Gasteiger partial charge in [0.1, 0.15) is 6.10 Å². The number of esters is 1. The maximum absolute atomic E-state index is 11.6. The lowest BCUT2D eigenvalue weighted by atomic mass is 9.95. The molecule has 0 saturated carbocycles. The van der Waals surface area contributed by atoms with E-state index in [1.807, 2.05) is 37.3 Å². The van der Waals surface area contributed by atoms with Crippen LogP contribution in [0.1, 0.15) is 38.0 Å². The van der Waals surface area contributed by atoms with Gasteiger partial charge in [-0.2, -0.15) is 0 Å². The maximum Gasteiger partial charge on any atom is 0.306 e. The second-order valence-corrected chi connectivity index (χ2v) is 5.36. The van der Waals surface area contributed by atoms with E-state index in [1.54, 1.807) is 0 Å². The van der Waals surface area contributed by atoms with Gasteiger partial charge in [-0.3, -0.25) is 4.79 Å². The summed E-state index contributed by atoms with van der Waals surface area (Å²) in [4.78, 5) is 11.6. The number of hydrogen-bond acceptors (Lipinski definition) is 4. The molecule has 0 amide bonds. The minimum absolute atomic E-state index is 0.0992. The molecule has 4 nitrogen and oxygen atoms in total. The van der Waals surface area contributed by atoms with E-state index in [-0.39, 0.29) is 18.4 Å². The van der Waals surface area contributed by atoms with E-state index < -0.39 is 5.60 Å². The fourth-order valence-corrected chi connectivity index (χ4v) is 2.66. The highest BCUT2D eigenvalue weighted by atomic mass is 16.7. The van der Waals surface area contributed by atoms with Gasteiger partial charge in [-0.05, 0) is 19.8 Å². The van der Waals surface area contributed by atoms with Crippen LogP contribution in [0, 0.1) is 0 Å². The third-order valence-electron chi connectivity index (χ3n) is 3.76. The summed E-state index contributed by atoms with van der Waals surface area (Å²) in [5, 5.41) is 0. The van der Waals surface area contributed by atoms with Gasteiger partial charge in [-0.1, -0.05) is 30.3 Å². The topological polar surface area (TPSA) is 44.8 Å². The fraction of sp³-hybridized carbons (Fsp3) is 0.533. The molecule has 3 rings (SSSR count). The summed E-state index contributed by atoms with van der Waals surface area (Å²) < 4.78 is 17.2. The quantitative estimate of drug-likeness (QED) is 0.730. The molecular formula is C15H18O4.